The van der Waals surface area contributed by atoms with Gasteiger partial charge in [0, 0.05) is 6.04 Å². The maximum absolute atomic E-state index is 13.2. The Morgan fingerprint density at radius 1 is 1.44 bits per heavy atom. The summed E-state index contributed by atoms with van der Waals surface area (Å²) in [6, 6.07) is 5.54. The van der Waals surface area contributed by atoms with Gasteiger partial charge in [-0.25, -0.2) is 4.39 Å². The molecule has 2 rings (SSSR count). The highest BCUT2D eigenvalue weighted by Gasteiger charge is 2.28. The van der Waals surface area contributed by atoms with Crippen LogP contribution in [-0.2, 0) is 6.42 Å². The van der Waals surface area contributed by atoms with E-state index in [9.17, 15) is 4.39 Å². The van der Waals surface area contributed by atoms with Gasteiger partial charge in [0.2, 0.25) is 0 Å². The number of nitrogens with one attached hydrogen (secondary N) is 1. The van der Waals surface area contributed by atoms with E-state index < -0.39 is 0 Å². The molecule has 1 nitrogen and oxygen atoms in total. The Hall–Kier alpha value is -0.890. The highest BCUT2D eigenvalue weighted by atomic mass is 19.1. The van der Waals surface area contributed by atoms with Gasteiger partial charge in [0.15, 0.2) is 0 Å². The first kappa shape index (κ1) is 11.6. The molecule has 2 unspecified atom stereocenters. The van der Waals surface area contributed by atoms with Crippen LogP contribution in [0.1, 0.15) is 43.9 Å². The van der Waals surface area contributed by atoms with Crippen LogP contribution in [0.15, 0.2) is 18.2 Å². The third kappa shape index (κ3) is 2.27. The van der Waals surface area contributed by atoms with E-state index in [1.807, 2.05) is 6.07 Å². The minimum absolute atomic E-state index is 0.116. The number of hydrogen-bond acceptors (Lipinski definition) is 1. The Bertz CT molecular complexity index is 362. The summed E-state index contributed by atoms with van der Waals surface area (Å²) in [7, 11) is 0. The molecule has 0 spiro atoms. The van der Waals surface area contributed by atoms with E-state index in [4.69, 9.17) is 0 Å². The van der Waals surface area contributed by atoms with Crippen molar-refractivity contribution in [1.29, 1.82) is 0 Å². The molecule has 0 bridgehead atoms. The van der Waals surface area contributed by atoms with Crippen LogP contribution in [0.5, 0.6) is 0 Å². The minimum Gasteiger partial charge on any atom is -0.310 e. The van der Waals surface area contributed by atoms with Crippen LogP contribution in [-0.4, -0.2) is 6.54 Å². The van der Waals surface area contributed by atoms with Crippen LogP contribution in [0.2, 0.25) is 0 Å². The lowest BCUT2D eigenvalue weighted by Gasteiger charge is -2.18. The molecule has 0 fully saturated rings. The largest absolute Gasteiger partial charge is 0.310 e. The molecule has 0 saturated heterocycles. The van der Waals surface area contributed by atoms with Gasteiger partial charge in [-0.2, -0.15) is 0 Å². The fraction of sp³-hybridized carbons (Fsp3) is 0.571. The third-order valence-electron chi connectivity index (χ3n) is 3.45. The number of fused-ring (bicyclic) bond motifs is 1. The van der Waals surface area contributed by atoms with E-state index in [1.54, 1.807) is 12.1 Å². The SMILES string of the molecule is CCCCNC1c2cc(F)ccc2CC1C. The molecule has 0 amide bonds. The molecule has 1 aromatic carbocycles. The highest BCUT2D eigenvalue weighted by Crippen LogP contribution is 2.36. The Kier molecular flexibility index (Phi) is 3.59. The second-order valence-corrected chi connectivity index (χ2v) is 4.81. The molecule has 2 atom stereocenters. The second kappa shape index (κ2) is 4.96. The fourth-order valence-electron chi connectivity index (χ4n) is 2.56. The molecule has 1 N–H and O–H groups in total. The average molecular weight is 221 g/mol. The summed E-state index contributed by atoms with van der Waals surface area (Å²) in [5, 5.41) is 3.55. The van der Waals surface area contributed by atoms with Gasteiger partial charge in [-0.3, -0.25) is 0 Å². The number of halogens is 1. The first-order valence-corrected chi connectivity index (χ1v) is 6.24. The molecule has 0 aliphatic heterocycles. The maximum atomic E-state index is 13.2. The predicted molar refractivity (Wildman–Crippen MR) is 64.9 cm³/mol. The van der Waals surface area contributed by atoms with E-state index in [0.717, 1.165) is 13.0 Å². The van der Waals surface area contributed by atoms with Crippen LogP contribution >= 0.6 is 0 Å². The number of hydrogen-bond donors (Lipinski definition) is 1. The predicted octanol–water partition coefficient (Wildman–Crippen LogP) is 3.45. The van der Waals surface area contributed by atoms with Gasteiger partial charge in [0.1, 0.15) is 5.82 Å². The van der Waals surface area contributed by atoms with Gasteiger partial charge in [0.05, 0.1) is 0 Å². The zero-order valence-corrected chi connectivity index (χ0v) is 10.1. The molecular formula is C14H20FN. The van der Waals surface area contributed by atoms with Crippen LogP contribution in [0.4, 0.5) is 4.39 Å². The van der Waals surface area contributed by atoms with E-state index in [1.165, 1.54) is 24.0 Å². The zero-order valence-electron chi connectivity index (χ0n) is 10.1. The van der Waals surface area contributed by atoms with Gasteiger partial charge >= 0.3 is 0 Å². The molecule has 0 radical (unpaired) electrons. The van der Waals surface area contributed by atoms with E-state index in [2.05, 4.69) is 19.2 Å². The second-order valence-electron chi connectivity index (χ2n) is 4.81. The first-order valence-electron chi connectivity index (χ1n) is 6.24. The Morgan fingerprint density at radius 2 is 2.25 bits per heavy atom. The lowest BCUT2D eigenvalue weighted by molar-refractivity contribution is 0.412. The summed E-state index contributed by atoms with van der Waals surface area (Å²) in [6.45, 7) is 5.45. The van der Waals surface area contributed by atoms with Crippen molar-refractivity contribution in [1.82, 2.24) is 5.32 Å². The number of unbranched alkanes of at least 4 members (excludes halogenated alkanes) is 1. The molecule has 88 valence electrons. The summed E-state index contributed by atoms with van der Waals surface area (Å²) in [6.07, 6.45) is 3.46. The van der Waals surface area contributed by atoms with E-state index >= 15 is 0 Å². The Balaban J connectivity index is 2.11. The van der Waals surface area contributed by atoms with Crippen LogP contribution < -0.4 is 5.32 Å². The van der Waals surface area contributed by atoms with Gasteiger partial charge in [-0.15, -0.1) is 0 Å². The molecule has 0 aromatic heterocycles. The third-order valence-corrected chi connectivity index (χ3v) is 3.45. The lowest BCUT2D eigenvalue weighted by atomic mass is 10.0. The van der Waals surface area contributed by atoms with Crippen molar-refractivity contribution in [2.75, 3.05) is 6.54 Å². The monoisotopic (exact) mass is 221 g/mol. The summed E-state index contributed by atoms with van der Waals surface area (Å²) < 4.78 is 13.2. The van der Waals surface area contributed by atoms with Crippen molar-refractivity contribution in [3.63, 3.8) is 0 Å². The van der Waals surface area contributed by atoms with Crippen molar-refractivity contribution in [3.05, 3.63) is 35.1 Å². The van der Waals surface area contributed by atoms with Crippen LogP contribution in [0.25, 0.3) is 0 Å². The van der Waals surface area contributed by atoms with Crippen molar-refractivity contribution in [3.8, 4) is 0 Å². The molecule has 16 heavy (non-hydrogen) atoms. The zero-order chi connectivity index (χ0) is 11.5. The van der Waals surface area contributed by atoms with Crippen molar-refractivity contribution in [2.24, 2.45) is 5.92 Å². The summed E-state index contributed by atoms with van der Waals surface area (Å²) >= 11 is 0. The van der Waals surface area contributed by atoms with Gasteiger partial charge in [0.25, 0.3) is 0 Å². The average Bonchev–Trinajstić information content (AvgIpc) is 2.56. The van der Waals surface area contributed by atoms with E-state index in [-0.39, 0.29) is 5.82 Å². The first-order chi connectivity index (χ1) is 7.72. The van der Waals surface area contributed by atoms with E-state index in [0.29, 0.717) is 12.0 Å². The maximum Gasteiger partial charge on any atom is 0.123 e. The quantitative estimate of drug-likeness (QED) is 0.768. The van der Waals surface area contributed by atoms with Gasteiger partial charge in [-0.05, 0) is 48.6 Å². The summed E-state index contributed by atoms with van der Waals surface area (Å²) in [4.78, 5) is 0. The molecule has 2 heteroatoms. The Labute approximate surface area is 97.1 Å². The molecule has 0 heterocycles. The van der Waals surface area contributed by atoms with Gasteiger partial charge in [-0.1, -0.05) is 26.3 Å². The van der Waals surface area contributed by atoms with Crippen molar-refractivity contribution in [2.45, 2.75) is 39.2 Å². The smallest absolute Gasteiger partial charge is 0.123 e. The molecule has 1 aliphatic rings. The normalized spacial score (nSPS) is 23.4. The number of rotatable bonds is 4. The topological polar surface area (TPSA) is 12.0 Å². The molecule has 0 saturated carbocycles. The summed E-state index contributed by atoms with van der Waals surface area (Å²) in [5.41, 5.74) is 2.48. The molecule has 1 aliphatic carbocycles. The Morgan fingerprint density at radius 3 is 3.00 bits per heavy atom. The summed E-state index contributed by atoms with van der Waals surface area (Å²) in [5.74, 6) is 0.462. The number of benzene rings is 1. The standard InChI is InChI=1S/C14H20FN/c1-3-4-7-16-14-10(2)8-11-5-6-12(15)9-13(11)14/h5-6,9-10,14,16H,3-4,7-8H2,1-2H3. The van der Waals surface area contributed by atoms with Gasteiger partial charge < -0.3 is 5.32 Å². The van der Waals surface area contributed by atoms with Crippen molar-refractivity contribution >= 4 is 0 Å². The lowest BCUT2D eigenvalue weighted by Crippen LogP contribution is -2.25. The fourth-order valence-corrected chi connectivity index (χ4v) is 2.56. The highest BCUT2D eigenvalue weighted by molar-refractivity contribution is 5.36. The molecule has 1 aromatic rings. The van der Waals surface area contributed by atoms with Crippen LogP contribution in [0.3, 0.4) is 0 Å². The minimum atomic E-state index is -0.116. The van der Waals surface area contributed by atoms with Crippen LogP contribution in [0, 0.1) is 11.7 Å². The van der Waals surface area contributed by atoms with Crippen molar-refractivity contribution < 1.29 is 4.39 Å². The molecular weight excluding hydrogens is 201 g/mol.